The largest absolute Gasteiger partial charge is 0.339 e. The number of benzene rings is 4. The molecule has 0 bridgehead atoms. The SMILES string of the molecule is C1=C(c2ccccc2)/C(=N/c2[15nH]c(-c3ccccc3)cc2-c2ccccc2)N=C1c1ccccc1. The van der Waals surface area contributed by atoms with E-state index in [2.05, 4.69) is 77.8 Å². The van der Waals surface area contributed by atoms with Crippen molar-refractivity contribution in [2.24, 2.45) is 9.98 Å². The van der Waals surface area contributed by atoms with Gasteiger partial charge in [-0.15, -0.1) is 0 Å². The molecular formula is C32H23N3. The predicted octanol–water partition coefficient (Wildman–Crippen LogP) is 7.97. The summed E-state index contributed by atoms with van der Waals surface area (Å²) in [5, 5.41) is 0. The highest BCUT2D eigenvalue weighted by atomic mass is 15.5. The Morgan fingerprint density at radius 3 is 1.66 bits per heavy atom. The monoisotopic (exact) mass is 450 g/mol. The zero-order valence-electron chi connectivity index (χ0n) is 19.1. The first-order valence-corrected chi connectivity index (χ1v) is 11.7. The lowest BCUT2D eigenvalue weighted by atomic mass is 10.0. The number of hydrogen-bond donors (Lipinski definition) is 1. The fourth-order valence-electron chi connectivity index (χ4n) is 4.33. The molecule has 2 heterocycles. The number of hydrogen-bond acceptors (Lipinski definition) is 1. The fourth-order valence-corrected chi connectivity index (χ4v) is 4.33. The Labute approximate surface area is 204 Å². The van der Waals surface area contributed by atoms with E-state index in [1.54, 1.807) is 0 Å². The van der Waals surface area contributed by atoms with Crippen molar-refractivity contribution in [2.75, 3.05) is 0 Å². The second-order valence-corrected chi connectivity index (χ2v) is 8.40. The average Bonchev–Trinajstić information content (AvgIpc) is 3.56. The third kappa shape index (κ3) is 4.28. The molecule has 6 rings (SSSR count). The second kappa shape index (κ2) is 9.24. The summed E-state index contributed by atoms with van der Waals surface area (Å²) in [5.74, 6) is 1.50. The Morgan fingerprint density at radius 2 is 1.06 bits per heavy atom. The summed E-state index contributed by atoms with van der Waals surface area (Å²) in [6, 6.07) is 43.5. The maximum Gasteiger partial charge on any atom is 0.162 e. The van der Waals surface area contributed by atoms with E-state index in [0.29, 0.717) is 5.84 Å². The van der Waals surface area contributed by atoms with Crippen molar-refractivity contribution in [3.63, 3.8) is 0 Å². The molecule has 1 aliphatic heterocycles. The van der Waals surface area contributed by atoms with E-state index < -0.39 is 0 Å². The molecule has 3 nitrogen and oxygen atoms in total. The van der Waals surface area contributed by atoms with Gasteiger partial charge in [0.25, 0.3) is 0 Å². The number of H-pyrrole nitrogens is 1. The van der Waals surface area contributed by atoms with Gasteiger partial charge in [-0.3, -0.25) is 0 Å². The number of aromatic amines is 1. The smallest absolute Gasteiger partial charge is 0.162 e. The van der Waals surface area contributed by atoms with Crippen LogP contribution < -0.4 is 0 Å². The molecule has 5 aromatic rings. The number of rotatable bonds is 5. The standard InChI is InChI=1S/C32H23N3/c1-5-13-23(14-6-1)27-21-29(25-17-9-3-10-18-25)33-31(27)35-32-28(24-15-7-2-8-16-24)22-30(34-32)26-19-11-4-12-20-26/h1-22,33H/b35-32-/i33+1. The molecule has 0 radical (unpaired) electrons. The van der Waals surface area contributed by atoms with Gasteiger partial charge >= 0.3 is 0 Å². The van der Waals surface area contributed by atoms with Crippen LogP contribution in [0.25, 0.3) is 28.0 Å². The molecular weight excluding hydrogens is 427 g/mol. The molecule has 35 heavy (non-hydrogen) atoms. The zero-order chi connectivity index (χ0) is 23.5. The summed E-state index contributed by atoms with van der Waals surface area (Å²) in [6.07, 6.45) is 2.13. The van der Waals surface area contributed by atoms with E-state index in [0.717, 1.165) is 50.6 Å². The molecule has 0 unspecified atom stereocenters. The molecule has 1 aromatic heterocycles. The van der Waals surface area contributed by atoms with Gasteiger partial charge < -0.3 is 4.98 Å². The van der Waals surface area contributed by atoms with Crippen molar-refractivity contribution < 1.29 is 0 Å². The fraction of sp³-hybridized carbons (Fsp3) is 0. The maximum absolute atomic E-state index is 5.12. The molecule has 0 saturated heterocycles. The normalized spacial score (nSPS) is 14.1. The highest BCUT2D eigenvalue weighted by molar-refractivity contribution is 6.38. The van der Waals surface area contributed by atoms with Crippen LogP contribution in [-0.2, 0) is 0 Å². The van der Waals surface area contributed by atoms with Crippen molar-refractivity contribution in [2.45, 2.75) is 0 Å². The predicted molar refractivity (Wildman–Crippen MR) is 146 cm³/mol. The summed E-state index contributed by atoms with van der Waals surface area (Å²) in [6.45, 7) is 0. The lowest BCUT2D eigenvalue weighted by Crippen LogP contribution is -1.95. The van der Waals surface area contributed by atoms with E-state index in [9.17, 15) is 0 Å². The van der Waals surface area contributed by atoms with E-state index in [4.69, 9.17) is 9.98 Å². The third-order valence-electron chi connectivity index (χ3n) is 6.09. The van der Waals surface area contributed by atoms with Gasteiger partial charge in [0.05, 0.1) is 5.71 Å². The Hall–Kier alpha value is -4.76. The number of aliphatic imine (C=N–C) groups is 2. The van der Waals surface area contributed by atoms with Gasteiger partial charge in [-0.1, -0.05) is 121 Å². The summed E-state index contributed by atoms with van der Waals surface area (Å²) >= 11 is 0. The quantitative estimate of drug-likeness (QED) is 0.282. The minimum atomic E-state index is 0.702. The molecule has 0 atom stereocenters. The molecule has 0 amide bonds. The lowest BCUT2D eigenvalue weighted by Gasteiger charge is -2.04. The first kappa shape index (κ1) is 20.8. The first-order chi connectivity index (χ1) is 17.3. The van der Waals surface area contributed by atoms with Gasteiger partial charge in [0, 0.05) is 22.4 Å². The van der Waals surface area contributed by atoms with Crippen LogP contribution in [-0.4, -0.2) is 16.5 Å². The lowest BCUT2D eigenvalue weighted by molar-refractivity contribution is 1.33. The van der Waals surface area contributed by atoms with Crippen LogP contribution in [0.3, 0.4) is 0 Å². The topological polar surface area (TPSA) is 40.5 Å². The number of nitrogens with one attached hydrogen (secondary N) is 1. The van der Waals surface area contributed by atoms with Crippen LogP contribution in [0.5, 0.6) is 0 Å². The van der Waals surface area contributed by atoms with Crippen LogP contribution in [0.15, 0.2) is 143 Å². The summed E-state index contributed by atoms with van der Waals surface area (Å²) in [7, 11) is 0. The number of aromatic nitrogens is 1. The van der Waals surface area contributed by atoms with Gasteiger partial charge in [0.15, 0.2) is 5.84 Å². The Morgan fingerprint density at radius 1 is 0.543 bits per heavy atom. The Balaban J connectivity index is 1.52. The number of allylic oxidation sites excluding steroid dienone is 1. The molecule has 0 aliphatic carbocycles. The number of nitrogens with zero attached hydrogens (tertiary/aromatic N) is 2. The first-order valence-electron chi connectivity index (χ1n) is 11.7. The van der Waals surface area contributed by atoms with Crippen molar-refractivity contribution in [3.05, 3.63) is 145 Å². The van der Waals surface area contributed by atoms with E-state index in [1.165, 1.54) is 0 Å². The van der Waals surface area contributed by atoms with Gasteiger partial charge in [0.2, 0.25) is 0 Å². The van der Waals surface area contributed by atoms with Gasteiger partial charge in [0.1, 0.15) is 5.82 Å². The van der Waals surface area contributed by atoms with Crippen LogP contribution in [0.2, 0.25) is 0 Å². The molecule has 0 spiro atoms. The minimum Gasteiger partial charge on any atom is -0.339 e. The number of amidine groups is 1. The molecule has 0 saturated carbocycles. The highest BCUT2D eigenvalue weighted by Crippen LogP contribution is 2.36. The van der Waals surface area contributed by atoms with Gasteiger partial charge in [-0.05, 0) is 28.8 Å². The molecule has 1 aliphatic rings. The minimum absolute atomic E-state index is 0.702. The molecule has 166 valence electrons. The third-order valence-corrected chi connectivity index (χ3v) is 6.09. The van der Waals surface area contributed by atoms with Crippen molar-refractivity contribution in [3.8, 4) is 22.4 Å². The average molecular weight is 451 g/mol. The van der Waals surface area contributed by atoms with E-state index >= 15 is 0 Å². The maximum atomic E-state index is 5.12. The van der Waals surface area contributed by atoms with Crippen LogP contribution in [0, 0.1) is 0 Å². The van der Waals surface area contributed by atoms with Crippen LogP contribution >= 0.6 is 0 Å². The molecule has 4 aromatic carbocycles. The van der Waals surface area contributed by atoms with Crippen molar-refractivity contribution >= 4 is 22.9 Å². The van der Waals surface area contributed by atoms with Crippen molar-refractivity contribution in [1.82, 2.24) is 4.98 Å². The molecule has 3 heteroatoms. The Bertz CT molecular complexity index is 1540. The summed E-state index contributed by atoms with van der Waals surface area (Å²) in [5.41, 5.74) is 8.41. The summed E-state index contributed by atoms with van der Waals surface area (Å²) in [4.78, 5) is 13.7. The van der Waals surface area contributed by atoms with Crippen LogP contribution in [0.4, 0.5) is 5.82 Å². The second-order valence-electron chi connectivity index (χ2n) is 8.40. The zero-order valence-corrected chi connectivity index (χ0v) is 19.1. The van der Waals surface area contributed by atoms with Gasteiger partial charge in [-0.2, -0.15) is 0 Å². The summed E-state index contributed by atoms with van der Waals surface area (Å²) < 4.78 is 0. The molecule has 1 N–H and O–H groups in total. The highest BCUT2D eigenvalue weighted by Gasteiger charge is 2.20. The van der Waals surface area contributed by atoms with Gasteiger partial charge in [-0.25, -0.2) is 9.98 Å². The van der Waals surface area contributed by atoms with Crippen LogP contribution in [0.1, 0.15) is 11.1 Å². The van der Waals surface area contributed by atoms with E-state index in [1.807, 2.05) is 60.7 Å². The molecule has 0 fully saturated rings. The Kier molecular flexibility index (Phi) is 5.50. The van der Waals surface area contributed by atoms with E-state index in [-0.39, 0.29) is 0 Å². The van der Waals surface area contributed by atoms with Crippen molar-refractivity contribution in [1.29, 1.82) is 0 Å².